The minimum absolute atomic E-state index is 0.0250. The molecular weight excluding hydrogens is 244 g/mol. The summed E-state index contributed by atoms with van der Waals surface area (Å²) in [5.41, 5.74) is 6.00. The summed E-state index contributed by atoms with van der Waals surface area (Å²) in [6, 6.07) is 4.93. The first kappa shape index (κ1) is 13.7. The second-order valence-electron chi connectivity index (χ2n) is 5.17. The summed E-state index contributed by atoms with van der Waals surface area (Å²) in [7, 11) is 3.27. The van der Waals surface area contributed by atoms with Gasteiger partial charge < -0.3 is 20.5 Å². The number of aromatic hydroxyl groups is 1. The third kappa shape index (κ3) is 2.98. The maximum atomic E-state index is 12.3. The Morgan fingerprint density at radius 1 is 1.53 bits per heavy atom. The van der Waals surface area contributed by atoms with Gasteiger partial charge in [0, 0.05) is 19.6 Å². The number of methoxy groups -OCH3 is 1. The molecule has 1 aromatic rings. The first-order chi connectivity index (χ1) is 9.01. The van der Waals surface area contributed by atoms with Crippen LogP contribution in [0.4, 0.5) is 0 Å². The molecule has 1 saturated carbocycles. The molecule has 0 saturated heterocycles. The lowest BCUT2D eigenvalue weighted by molar-refractivity contribution is 0.0731. The number of carbonyl (C=O) groups excluding carboxylic acids is 1. The van der Waals surface area contributed by atoms with Crippen molar-refractivity contribution in [3.05, 3.63) is 23.8 Å². The van der Waals surface area contributed by atoms with Gasteiger partial charge in [0.05, 0.1) is 12.7 Å². The van der Waals surface area contributed by atoms with Gasteiger partial charge >= 0.3 is 0 Å². The summed E-state index contributed by atoms with van der Waals surface area (Å²) in [6.45, 7) is 0.670. The van der Waals surface area contributed by atoms with E-state index >= 15 is 0 Å². The molecule has 0 bridgehead atoms. The molecule has 1 amide bonds. The van der Waals surface area contributed by atoms with Crippen molar-refractivity contribution in [1.29, 1.82) is 0 Å². The molecule has 5 nitrogen and oxygen atoms in total. The Labute approximate surface area is 113 Å². The van der Waals surface area contributed by atoms with Crippen LogP contribution in [0.3, 0.4) is 0 Å². The molecule has 0 atom stereocenters. The Kier molecular flexibility index (Phi) is 3.95. The van der Waals surface area contributed by atoms with Crippen molar-refractivity contribution in [2.24, 2.45) is 11.7 Å². The molecule has 5 heteroatoms. The van der Waals surface area contributed by atoms with Crippen LogP contribution in [0, 0.1) is 5.92 Å². The summed E-state index contributed by atoms with van der Waals surface area (Å²) in [5, 5.41) is 9.77. The molecule has 3 N–H and O–H groups in total. The van der Waals surface area contributed by atoms with Crippen LogP contribution in [0.2, 0.25) is 0 Å². The molecule has 1 aliphatic carbocycles. The van der Waals surface area contributed by atoms with Crippen LogP contribution in [-0.4, -0.2) is 42.7 Å². The molecule has 1 fully saturated rings. The van der Waals surface area contributed by atoms with Crippen molar-refractivity contribution in [3.8, 4) is 11.5 Å². The van der Waals surface area contributed by atoms with Gasteiger partial charge in [0.15, 0.2) is 0 Å². The second-order valence-corrected chi connectivity index (χ2v) is 5.17. The zero-order valence-corrected chi connectivity index (χ0v) is 11.3. The molecule has 1 aliphatic rings. The third-order valence-corrected chi connectivity index (χ3v) is 3.59. The molecule has 1 aromatic carbocycles. The summed E-state index contributed by atoms with van der Waals surface area (Å²) in [5.74, 6) is 0.803. The topological polar surface area (TPSA) is 75.8 Å². The maximum Gasteiger partial charge on any atom is 0.257 e. The number of phenols is 1. The van der Waals surface area contributed by atoms with Crippen molar-refractivity contribution >= 4 is 5.91 Å². The number of hydrogen-bond donors (Lipinski definition) is 2. The first-order valence-corrected chi connectivity index (χ1v) is 6.39. The van der Waals surface area contributed by atoms with Crippen LogP contribution in [0.1, 0.15) is 23.2 Å². The second kappa shape index (κ2) is 5.48. The molecule has 0 radical (unpaired) electrons. The van der Waals surface area contributed by atoms with E-state index in [-0.39, 0.29) is 23.3 Å². The highest BCUT2D eigenvalue weighted by Gasteiger charge is 2.28. The van der Waals surface area contributed by atoms with E-state index in [4.69, 9.17) is 10.5 Å². The quantitative estimate of drug-likeness (QED) is 0.857. The average molecular weight is 264 g/mol. The largest absolute Gasteiger partial charge is 0.507 e. The van der Waals surface area contributed by atoms with Crippen LogP contribution < -0.4 is 10.5 Å². The van der Waals surface area contributed by atoms with Gasteiger partial charge in [-0.1, -0.05) is 0 Å². The van der Waals surface area contributed by atoms with Crippen LogP contribution in [0.5, 0.6) is 11.5 Å². The minimum atomic E-state index is -0.197. The van der Waals surface area contributed by atoms with E-state index in [1.807, 2.05) is 0 Å². The Hall–Kier alpha value is -1.75. The Bertz CT molecular complexity index is 470. The molecule has 0 heterocycles. The Balaban J connectivity index is 2.05. The van der Waals surface area contributed by atoms with Gasteiger partial charge in [-0.2, -0.15) is 0 Å². The summed E-state index contributed by atoms with van der Waals surface area (Å²) in [6.07, 6.45) is 1.92. The number of phenolic OH excluding ortho intramolecular Hbond substituents is 1. The molecule has 0 aliphatic heterocycles. The summed E-state index contributed by atoms with van der Waals surface area (Å²) in [4.78, 5) is 13.9. The van der Waals surface area contributed by atoms with Gasteiger partial charge in [-0.05, 0) is 37.0 Å². The first-order valence-electron chi connectivity index (χ1n) is 6.39. The monoisotopic (exact) mass is 264 g/mol. The third-order valence-electron chi connectivity index (χ3n) is 3.59. The van der Waals surface area contributed by atoms with E-state index in [9.17, 15) is 9.90 Å². The average Bonchev–Trinajstić information content (AvgIpc) is 2.36. The van der Waals surface area contributed by atoms with E-state index in [2.05, 4.69) is 0 Å². The predicted octanol–water partition coefficient (Wildman–Crippen LogP) is 1.21. The predicted molar refractivity (Wildman–Crippen MR) is 72.3 cm³/mol. The lowest BCUT2D eigenvalue weighted by Gasteiger charge is -2.35. The van der Waals surface area contributed by atoms with Crippen molar-refractivity contribution in [3.63, 3.8) is 0 Å². The van der Waals surface area contributed by atoms with Crippen LogP contribution in [0.15, 0.2) is 18.2 Å². The van der Waals surface area contributed by atoms with Gasteiger partial charge in [-0.15, -0.1) is 0 Å². The van der Waals surface area contributed by atoms with Crippen LogP contribution >= 0.6 is 0 Å². The van der Waals surface area contributed by atoms with Crippen molar-refractivity contribution in [2.45, 2.75) is 18.9 Å². The van der Waals surface area contributed by atoms with Crippen LogP contribution in [-0.2, 0) is 0 Å². The van der Waals surface area contributed by atoms with E-state index in [1.54, 1.807) is 24.1 Å². The number of benzene rings is 1. The molecule has 0 unspecified atom stereocenters. The fourth-order valence-electron chi connectivity index (χ4n) is 2.43. The number of amides is 1. The van der Waals surface area contributed by atoms with Gasteiger partial charge in [-0.25, -0.2) is 0 Å². The van der Waals surface area contributed by atoms with Gasteiger partial charge in [0.1, 0.15) is 11.5 Å². The summed E-state index contributed by atoms with van der Waals surface area (Å²) >= 11 is 0. The fourth-order valence-corrected chi connectivity index (χ4v) is 2.43. The number of hydrogen-bond acceptors (Lipinski definition) is 4. The number of ether oxygens (including phenoxy) is 1. The van der Waals surface area contributed by atoms with Gasteiger partial charge in [-0.3, -0.25) is 4.79 Å². The molecule has 104 valence electrons. The lowest BCUT2D eigenvalue weighted by Crippen LogP contribution is -2.43. The zero-order valence-electron chi connectivity index (χ0n) is 11.3. The standard InChI is InChI=1S/C14H20N2O3/c1-16(8-9-5-10(15)6-9)14(18)12-7-11(19-2)3-4-13(12)17/h3-4,7,9-10,17H,5-6,8,15H2,1-2H3. The van der Waals surface area contributed by atoms with Crippen LogP contribution in [0.25, 0.3) is 0 Å². The van der Waals surface area contributed by atoms with E-state index in [0.717, 1.165) is 12.8 Å². The van der Waals surface area contributed by atoms with Crippen molar-refractivity contribution < 1.29 is 14.6 Å². The number of carbonyl (C=O) groups is 1. The van der Waals surface area contributed by atoms with E-state index < -0.39 is 0 Å². The van der Waals surface area contributed by atoms with E-state index in [1.165, 1.54) is 13.2 Å². The zero-order chi connectivity index (χ0) is 14.0. The maximum absolute atomic E-state index is 12.3. The molecule has 2 rings (SSSR count). The van der Waals surface area contributed by atoms with Gasteiger partial charge in [0.25, 0.3) is 5.91 Å². The fraction of sp³-hybridized carbons (Fsp3) is 0.500. The normalized spacial score (nSPS) is 21.6. The number of nitrogens with zero attached hydrogens (tertiary/aromatic N) is 1. The Morgan fingerprint density at radius 3 is 2.79 bits per heavy atom. The number of rotatable bonds is 4. The summed E-state index contributed by atoms with van der Waals surface area (Å²) < 4.78 is 5.07. The van der Waals surface area contributed by atoms with Crippen molar-refractivity contribution in [2.75, 3.05) is 20.7 Å². The molecule has 0 spiro atoms. The molecule has 0 aromatic heterocycles. The molecular formula is C14H20N2O3. The van der Waals surface area contributed by atoms with Crippen molar-refractivity contribution in [1.82, 2.24) is 4.90 Å². The smallest absolute Gasteiger partial charge is 0.257 e. The highest BCUT2D eigenvalue weighted by Crippen LogP contribution is 2.28. The number of nitrogens with two attached hydrogens (primary N) is 1. The lowest BCUT2D eigenvalue weighted by atomic mass is 9.80. The Morgan fingerprint density at radius 2 is 2.21 bits per heavy atom. The van der Waals surface area contributed by atoms with E-state index in [0.29, 0.717) is 18.2 Å². The SMILES string of the molecule is COc1ccc(O)c(C(=O)N(C)CC2CC(N)C2)c1. The highest BCUT2D eigenvalue weighted by molar-refractivity contribution is 5.97. The minimum Gasteiger partial charge on any atom is -0.507 e. The van der Waals surface area contributed by atoms with Gasteiger partial charge in [0.2, 0.25) is 0 Å². The highest BCUT2D eigenvalue weighted by atomic mass is 16.5. The molecule has 19 heavy (non-hydrogen) atoms.